The van der Waals surface area contributed by atoms with Crippen LogP contribution >= 0.6 is 0 Å². The third kappa shape index (κ3) is 3.39. The number of carbonyl (C=O) groups is 2. The fourth-order valence-electron chi connectivity index (χ4n) is 2.55. The first-order valence-corrected chi connectivity index (χ1v) is 7.39. The van der Waals surface area contributed by atoms with E-state index in [4.69, 9.17) is 0 Å². The zero-order valence-electron chi connectivity index (χ0n) is 12.8. The average Bonchev–Trinajstić information content (AvgIpc) is 2.90. The highest BCUT2D eigenvalue weighted by molar-refractivity contribution is 5.98. The molecule has 2 aromatic rings. The molecule has 2 heterocycles. The van der Waals surface area contributed by atoms with E-state index in [-0.39, 0.29) is 24.2 Å². The van der Waals surface area contributed by atoms with Crippen LogP contribution in [-0.4, -0.2) is 28.1 Å². The number of halogens is 1. The Bertz CT molecular complexity index is 739. The average molecular weight is 316 g/mol. The number of rotatable bonds is 4. The molecule has 0 radical (unpaired) electrons. The van der Waals surface area contributed by atoms with Crippen molar-refractivity contribution < 1.29 is 14.0 Å². The number of nitrogens with one attached hydrogen (secondary N) is 1. The molecule has 2 amide bonds. The van der Waals surface area contributed by atoms with Crippen molar-refractivity contribution in [2.45, 2.75) is 26.4 Å². The van der Waals surface area contributed by atoms with Crippen molar-refractivity contribution in [1.29, 1.82) is 0 Å². The summed E-state index contributed by atoms with van der Waals surface area (Å²) >= 11 is 0. The number of hydrogen-bond acceptors (Lipinski definition) is 3. The lowest BCUT2D eigenvalue weighted by Crippen LogP contribution is -2.44. The van der Waals surface area contributed by atoms with Crippen LogP contribution in [0.2, 0.25) is 0 Å². The number of amides is 2. The van der Waals surface area contributed by atoms with E-state index in [0.29, 0.717) is 25.3 Å². The summed E-state index contributed by atoms with van der Waals surface area (Å²) in [6.45, 7) is 2.63. The quantitative estimate of drug-likeness (QED) is 0.927. The molecule has 0 bridgehead atoms. The van der Waals surface area contributed by atoms with Gasteiger partial charge in [0.05, 0.1) is 12.2 Å². The van der Waals surface area contributed by atoms with Gasteiger partial charge in [0.15, 0.2) is 0 Å². The van der Waals surface area contributed by atoms with E-state index in [1.54, 1.807) is 22.9 Å². The normalized spacial score (nSPS) is 13.8. The van der Waals surface area contributed by atoms with Gasteiger partial charge in [-0.2, -0.15) is 5.10 Å². The Morgan fingerprint density at radius 1 is 1.35 bits per heavy atom. The lowest BCUT2D eigenvalue weighted by Gasteiger charge is -2.26. The van der Waals surface area contributed by atoms with Crippen LogP contribution in [-0.2, 0) is 22.7 Å². The van der Waals surface area contributed by atoms with E-state index in [1.165, 1.54) is 17.0 Å². The third-order valence-electron chi connectivity index (χ3n) is 3.70. The summed E-state index contributed by atoms with van der Waals surface area (Å²) in [4.78, 5) is 25.6. The molecule has 23 heavy (non-hydrogen) atoms. The Balaban J connectivity index is 1.63. The van der Waals surface area contributed by atoms with Crippen LogP contribution in [0.25, 0.3) is 0 Å². The monoisotopic (exact) mass is 316 g/mol. The van der Waals surface area contributed by atoms with Gasteiger partial charge in [-0.05, 0) is 24.6 Å². The maximum atomic E-state index is 12.8. The topological polar surface area (TPSA) is 67.2 Å². The molecule has 0 saturated carbocycles. The predicted octanol–water partition coefficient (Wildman–Crippen LogP) is 1.38. The van der Waals surface area contributed by atoms with Gasteiger partial charge < -0.3 is 5.32 Å². The third-order valence-corrected chi connectivity index (χ3v) is 3.70. The molecule has 1 aliphatic rings. The molecular weight excluding hydrogens is 299 g/mol. The Hall–Kier alpha value is -2.70. The molecule has 1 N–H and O–H groups in total. The number of nitrogens with zero attached hydrogens (tertiary/aromatic N) is 3. The van der Waals surface area contributed by atoms with Crippen LogP contribution in [0, 0.1) is 12.7 Å². The summed E-state index contributed by atoms with van der Waals surface area (Å²) in [6.07, 6.45) is 0.333. The number of benzene rings is 1. The number of aromatic nitrogens is 2. The Morgan fingerprint density at radius 2 is 2.09 bits per heavy atom. The van der Waals surface area contributed by atoms with Crippen molar-refractivity contribution >= 4 is 17.6 Å². The Labute approximate surface area is 132 Å². The second-order valence-corrected chi connectivity index (χ2v) is 5.50. The summed E-state index contributed by atoms with van der Waals surface area (Å²) in [5, 5.41) is 7.04. The Kier molecular flexibility index (Phi) is 4.10. The number of aryl methyl sites for hydroxylation is 2. The standard InChI is InChI=1S/C16H17FN4O2/c1-11-8-15-20(16(23)6-7-21(15)19-11)10-14(22)18-9-12-2-4-13(17)5-3-12/h2-5,8H,6-7,9-10H2,1H3,(H,18,22). The van der Waals surface area contributed by atoms with Gasteiger partial charge in [-0.1, -0.05) is 12.1 Å². The van der Waals surface area contributed by atoms with Crippen molar-refractivity contribution in [1.82, 2.24) is 15.1 Å². The highest BCUT2D eigenvalue weighted by Crippen LogP contribution is 2.22. The van der Waals surface area contributed by atoms with Gasteiger partial charge in [-0.25, -0.2) is 9.07 Å². The van der Waals surface area contributed by atoms with Gasteiger partial charge in [0.2, 0.25) is 11.8 Å². The molecule has 0 fully saturated rings. The molecule has 1 aromatic heterocycles. The van der Waals surface area contributed by atoms with E-state index in [9.17, 15) is 14.0 Å². The minimum Gasteiger partial charge on any atom is -0.350 e. The van der Waals surface area contributed by atoms with Crippen molar-refractivity contribution in [3.05, 3.63) is 47.4 Å². The second kappa shape index (κ2) is 6.20. The molecule has 0 aliphatic carbocycles. The lowest BCUT2D eigenvalue weighted by molar-refractivity contribution is -0.124. The highest BCUT2D eigenvalue weighted by atomic mass is 19.1. The second-order valence-electron chi connectivity index (χ2n) is 5.50. The fourth-order valence-corrected chi connectivity index (χ4v) is 2.55. The van der Waals surface area contributed by atoms with E-state index in [0.717, 1.165) is 11.3 Å². The fraction of sp³-hybridized carbons (Fsp3) is 0.312. The minimum absolute atomic E-state index is 0.0504. The van der Waals surface area contributed by atoms with E-state index in [1.807, 2.05) is 6.92 Å². The smallest absolute Gasteiger partial charge is 0.240 e. The number of anilines is 1. The molecule has 0 spiro atoms. The van der Waals surface area contributed by atoms with Crippen LogP contribution in [0.3, 0.4) is 0 Å². The molecule has 1 aliphatic heterocycles. The lowest BCUT2D eigenvalue weighted by atomic mass is 10.2. The molecule has 0 saturated heterocycles. The minimum atomic E-state index is -0.317. The summed E-state index contributed by atoms with van der Waals surface area (Å²) < 4.78 is 14.6. The first-order chi connectivity index (χ1) is 11.0. The maximum absolute atomic E-state index is 12.8. The summed E-state index contributed by atoms with van der Waals surface area (Å²) in [7, 11) is 0. The van der Waals surface area contributed by atoms with Gasteiger partial charge in [0, 0.05) is 19.0 Å². The van der Waals surface area contributed by atoms with Crippen molar-refractivity contribution in [3.8, 4) is 0 Å². The first-order valence-electron chi connectivity index (χ1n) is 7.39. The molecule has 3 rings (SSSR count). The van der Waals surface area contributed by atoms with Gasteiger partial charge in [-0.3, -0.25) is 14.5 Å². The van der Waals surface area contributed by atoms with Crippen molar-refractivity contribution in [2.75, 3.05) is 11.4 Å². The zero-order valence-corrected chi connectivity index (χ0v) is 12.8. The molecule has 6 nitrogen and oxygen atoms in total. The largest absolute Gasteiger partial charge is 0.350 e. The maximum Gasteiger partial charge on any atom is 0.240 e. The van der Waals surface area contributed by atoms with E-state index in [2.05, 4.69) is 10.4 Å². The van der Waals surface area contributed by atoms with Crippen molar-refractivity contribution in [2.24, 2.45) is 0 Å². The van der Waals surface area contributed by atoms with Gasteiger partial charge >= 0.3 is 0 Å². The van der Waals surface area contributed by atoms with Crippen LogP contribution < -0.4 is 10.2 Å². The van der Waals surface area contributed by atoms with E-state index >= 15 is 0 Å². The number of fused-ring (bicyclic) bond motifs is 1. The molecular formula is C16H17FN4O2. The molecule has 1 aromatic carbocycles. The van der Waals surface area contributed by atoms with Crippen LogP contribution in [0.5, 0.6) is 0 Å². The molecule has 120 valence electrons. The molecule has 7 heteroatoms. The molecule has 0 unspecified atom stereocenters. The summed E-state index contributed by atoms with van der Waals surface area (Å²) in [5.74, 6) is -0.0254. The van der Waals surface area contributed by atoms with Crippen LogP contribution in [0.4, 0.5) is 10.2 Å². The van der Waals surface area contributed by atoms with Crippen LogP contribution in [0.1, 0.15) is 17.7 Å². The summed E-state index contributed by atoms with van der Waals surface area (Å²) in [5.41, 5.74) is 1.61. The number of carbonyl (C=O) groups excluding carboxylic acids is 2. The highest BCUT2D eigenvalue weighted by Gasteiger charge is 2.27. The van der Waals surface area contributed by atoms with Gasteiger partial charge in [0.25, 0.3) is 0 Å². The first kappa shape index (κ1) is 15.2. The summed E-state index contributed by atoms with van der Waals surface area (Å²) in [6, 6.07) is 7.71. The zero-order chi connectivity index (χ0) is 16.4. The van der Waals surface area contributed by atoms with Crippen molar-refractivity contribution in [3.63, 3.8) is 0 Å². The SMILES string of the molecule is Cc1cc2n(n1)CCC(=O)N2CC(=O)NCc1ccc(F)cc1. The van der Waals surface area contributed by atoms with Gasteiger partial charge in [0.1, 0.15) is 18.2 Å². The van der Waals surface area contributed by atoms with Crippen LogP contribution in [0.15, 0.2) is 30.3 Å². The Morgan fingerprint density at radius 3 is 2.83 bits per heavy atom. The predicted molar refractivity (Wildman–Crippen MR) is 82.2 cm³/mol. The molecule has 0 atom stereocenters. The van der Waals surface area contributed by atoms with E-state index < -0.39 is 0 Å². The number of hydrogen-bond donors (Lipinski definition) is 1. The van der Waals surface area contributed by atoms with Gasteiger partial charge in [-0.15, -0.1) is 0 Å².